The molecule has 2 aliphatic heterocycles. The molecule has 0 spiro atoms. The molecule has 7 atom stereocenters. The summed E-state index contributed by atoms with van der Waals surface area (Å²) >= 11 is 0. The predicted molar refractivity (Wildman–Crippen MR) is 53.4 cm³/mol. The van der Waals surface area contributed by atoms with E-state index >= 15 is 0 Å². The van der Waals surface area contributed by atoms with Crippen LogP contribution in [-0.2, 0) is 23.9 Å². The van der Waals surface area contributed by atoms with Crippen LogP contribution in [0, 0.1) is 35.5 Å². The van der Waals surface area contributed by atoms with E-state index < -0.39 is 30.1 Å². The summed E-state index contributed by atoms with van der Waals surface area (Å²) in [7, 11) is 0. The zero-order chi connectivity index (χ0) is 12.6. The number of cyclic esters (lactones) is 3. The zero-order valence-corrected chi connectivity index (χ0v) is 9.44. The number of aliphatic hydroxyl groups is 1. The van der Waals surface area contributed by atoms with Gasteiger partial charge in [-0.25, -0.2) is 0 Å². The highest BCUT2D eigenvalue weighted by atomic mass is 16.6. The average Bonchev–Trinajstić information content (AvgIpc) is 2.90. The molecule has 0 aromatic heterocycles. The third-order valence-corrected chi connectivity index (χ3v) is 5.11. The highest BCUT2D eigenvalue weighted by molar-refractivity contribution is 5.91. The van der Waals surface area contributed by atoms with Gasteiger partial charge in [-0.3, -0.25) is 14.4 Å². The Labute approximate surface area is 102 Å². The van der Waals surface area contributed by atoms with Crippen molar-refractivity contribution in [3.63, 3.8) is 0 Å². The second kappa shape index (κ2) is 3.12. The Morgan fingerprint density at radius 1 is 1.00 bits per heavy atom. The molecule has 1 N–H and O–H groups in total. The molecular weight excluding hydrogens is 240 g/mol. The topological polar surface area (TPSA) is 89.9 Å². The number of carbonyl (C=O) groups excluding carboxylic acids is 3. The summed E-state index contributed by atoms with van der Waals surface area (Å²) in [4.78, 5) is 34.8. The number of fused-ring (bicyclic) bond motifs is 8. The van der Waals surface area contributed by atoms with Crippen LogP contribution in [0.1, 0.15) is 12.8 Å². The largest absolute Gasteiger partial charge is 0.435 e. The van der Waals surface area contributed by atoms with Gasteiger partial charge < -0.3 is 14.6 Å². The van der Waals surface area contributed by atoms with Crippen LogP contribution in [0.3, 0.4) is 0 Å². The lowest BCUT2D eigenvalue weighted by Gasteiger charge is -2.36. The molecule has 96 valence electrons. The molecule has 0 aromatic carbocycles. The lowest BCUT2D eigenvalue weighted by Crippen LogP contribution is -2.45. The molecular formula is C12H12O6. The SMILES string of the molecule is O=C1CC2C3CC(C2C(=O)O1)C1C(=O)OC(O)C31. The number of ether oxygens (including phenoxy) is 2. The van der Waals surface area contributed by atoms with Crippen molar-refractivity contribution >= 4 is 17.9 Å². The molecule has 4 fully saturated rings. The molecule has 4 aliphatic rings. The smallest absolute Gasteiger partial charge is 0.317 e. The monoisotopic (exact) mass is 252 g/mol. The van der Waals surface area contributed by atoms with Crippen molar-refractivity contribution in [2.45, 2.75) is 19.1 Å². The van der Waals surface area contributed by atoms with Crippen LogP contribution in [0.4, 0.5) is 0 Å². The Bertz CT molecular complexity index is 471. The molecule has 2 aliphatic carbocycles. The molecule has 6 nitrogen and oxygen atoms in total. The molecule has 2 heterocycles. The maximum absolute atomic E-state index is 11.8. The van der Waals surface area contributed by atoms with E-state index in [9.17, 15) is 19.5 Å². The first-order valence-corrected chi connectivity index (χ1v) is 6.21. The summed E-state index contributed by atoms with van der Waals surface area (Å²) in [6.07, 6.45) is -0.160. The molecule has 18 heavy (non-hydrogen) atoms. The van der Waals surface area contributed by atoms with Crippen molar-refractivity contribution in [3.8, 4) is 0 Å². The van der Waals surface area contributed by atoms with E-state index in [1.165, 1.54) is 0 Å². The minimum Gasteiger partial charge on any atom is -0.435 e. The van der Waals surface area contributed by atoms with E-state index in [1.807, 2.05) is 0 Å². The number of rotatable bonds is 0. The third-order valence-electron chi connectivity index (χ3n) is 5.11. The van der Waals surface area contributed by atoms with Gasteiger partial charge in [-0.15, -0.1) is 0 Å². The van der Waals surface area contributed by atoms with Crippen molar-refractivity contribution in [2.24, 2.45) is 35.5 Å². The summed E-state index contributed by atoms with van der Waals surface area (Å²) in [5.41, 5.74) is 0. The molecule has 4 rings (SSSR count). The fourth-order valence-corrected chi connectivity index (χ4v) is 4.62. The molecule has 7 unspecified atom stereocenters. The van der Waals surface area contributed by atoms with Crippen molar-refractivity contribution in [2.75, 3.05) is 0 Å². The number of carbonyl (C=O) groups is 3. The van der Waals surface area contributed by atoms with Crippen molar-refractivity contribution < 1.29 is 29.0 Å². The quantitative estimate of drug-likeness (QED) is 0.459. The van der Waals surface area contributed by atoms with Crippen LogP contribution >= 0.6 is 0 Å². The lowest BCUT2D eigenvalue weighted by atomic mass is 9.67. The highest BCUT2D eigenvalue weighted by Crippen LogP contribution is 2.63. The average molecular weight is 252 g/mol. The van der Waals surface area contributed by atoms with Crippen LogP contribution in [0.2, 0.25) is 0 Å². The van der Waals surface area contributed by atoms with E-state index in [-0.39, 0.29) is 36.0 Å². The van der Waals surface area contributed by atoms with Crippen molar-refractivity contribution in [1.82, 2.24) is 0 Å². The maximum atomic E-state index is 11.8. The van der Waals surface area contributed by atoms with Gasteiger partial charge in [0.25, 0.3) is 0 Å². The molecule has 0 radical (unpaired) electrons. The lowest BCUT2D eigenvalue weighted by molar-refractivity contribution is -0.175. The first kappa shape index (κ1) is 10.5. The van der Waals surface area contributed by atoms with Gasteiger partial charge in [-0.05, 0) is 24.2 Å². The van der Waals surface area contributed by atoms with Crippen molar-refractivity contribution in [3.05, 3.63) is 0 Å². The van der Waals surface area contributed by atoms with Crippen LogP contribution < -0.4 is 0 Å². The fraction of sp³-hybridized carbons (Fsp3) is 0.750. The van der Waals surface area contributed by atoms with E-state index in [0.717, 1.165) is 0 Å². The molecule has 0 amide bonds. The summed E-state index contributed by atoms with van der Waals surface area (Å²) in [5.74, 6) is -2.63. The minimum absolute atomic E-state index is 0.0169. The van der Waals surface area contributed by atoms with Crippen LogP contribution in [0.25, 0.3) is 0 Å². The van der Waals surface area contributed by atoms with Crippen LogP contribution in [0.5, 0.6) is 0 Å². The maximum Gasteiger partial charge on any atom is 0.317 e. The summed E-state index contributed by atoms with van der Waals surface area (Å²) < 4.78 is 9.53. The Morgan fingerprint density at radius 2 is 1.78 bits per heavy atom. The number of hydrogen-bond acceptors (Lipinski definition) is 6. The van der Waals surface area contributed by atoms with Gasteiger partial charge in [0.2, 0.25) is 6.29 Å². The first-order chi connectivity index (χ1) is 8.58. The number of hydrogen-bond donors (Lipinski definition) is 1. The fourth-order valence-electron chi connectivity index (χ4n) is 4.62. The predicted octanol–water partition coefficient (Wildman–Crippen LogP) is -0.550. The van der Waals surface area contributed by atoms with Gasteiger partial charge in [-0.1, -0.05) is 0 Å². The third kappa shape index (κ3) is 1.05. The Kier molecular flexibility index (Phi) is 1.82. The van der Waals surface area contributed by atoms with Crippen LogP contribution in [0.15, 0.2) is 0 Å². The molecule has 2 saturated carbocycles. The zero-order valence-electron chi connectivity index (χ0n) is 9.44. The molecule has 2 saturated heterocycles. The second-order valence-electron chi connectivity index (χ2n) is 5.68. The Hall–Kier alpha value is -1.43. The first-order valence-electron chi connectivity index (χ1n) is 6.21. The molecule has 0 aromatic rings. The minimum atomic E-state index is -1.08. The Balaban J connectivity index is 1.74. The van der Waals surface area contributed by atoms with Gasteiger partial charge in [0.1, 0.15) is 0 Å². The highest BCUT2D eigenvalue weighted by Gasteiger charge is 2.69. The van der Waals surface area contributed by atoms with Gasteiger partial charge in [-0.2, -0.15) is 0 Å². The van der Waals surface area contributed by atoms with E-state index in [1.54, 1.807) is 0 Å². The number of esters is 3. The standard InChI is InChI=1S/C12H12O6/c13-6-2-4-3-1-5(7(4)10(14)17-6)9-8(3)11(15)18-12(9)16/h3-5,7-9,11,15H,1-2H2. The molecule has 6 heteroatoms. The number of aliphatic hydroxyl groups excluding tert-OH is 1. The van der Waals surface area contributed by atoms with Crippen LogP contribution in [-0.4, -0.2) is 29.3 Å². The van der Waals surface area contributed by atoms with Gasteiger partial charge >= 0.3 is 17.9 Å². The van der Waals surface area contributed by atoms with Crippen molar-refractivity contribution in [1.29, 1.82) is 0 Å². The summed E-state index contributed by atoms with van der Waals surface area (Å²) in [5, 5.41) is 9.77. The summed E-state index contributed by atoms with van der Waals surface area (Å²) in [6, 6.07) is 0. The normalized spacial score (nSPS) is 52.9. The second-order valence-corrected chi connectivity index (χ2v) is 5.68. The van der Waals surface area contributed by atoms with Gasteiger partial charge in [0, 0.05) is 12.3 Å². The van der Waals surface area contributed by atoms with E-state index in [2.05, 4.69) is 4.74 Å². The van der Waals surface area contributed by atoms with E-state index in [0.29, 0.717) is 6.42 Å². The molecule has 2 bridgehead atoms. The van der Waals surface area contributed by atoms with Gasteiger partial charge in [0.05, 0.1) is 11.8 Å². The van der Waals surface area contributed by atoms with E-state index in [4.69, 9.17) is 4.74 Å². The summed E-state index contributed by atoms with van der Waals surface area (Å²) in [6.45, 7) is 0. The van der Waals surface area contributed by atoms with Gasteiger partial charge in [0.15, 0.2) is 0 Å². The Morgan fingerprint density at radius 3 is 2.56 bits per heavy atom.